The van der Waals surface area contributed by atoms with E-state index in [0.29, 0.717) is 46.1 Å². The van der Waals surface area contributed by atoms with Gasteiger partial charge in [0.15, 0.2) is 11.6 Å². The second kappa shape index (κ2) is 10.5. The number of hydrogen-bond donors (Lipinski definition) is 2. The van der Waals surface area contributed by atoms with Gasteiger partial charge in [-0.25, -0.2) is 14.4 Å². The van der Waals surface area contributed by atoms with Gasteiger partial charge >= 0.3 is 0 Å². The number of H-pyrrole nitrogens is 1. The summed E-state index contributed by atoms with van der Waals surface area (Å²) in [4.78, 5) is 40.5. The van der Waals surface area contributed by atoms with Crippen LogP contribution in [0.25, 0.3) is 55.7 Å². The fourth-order valence-corrected chi connectivity index (χ4v) is 8.11. The third kappa shape index (κ3) is 4.40. The molecule has 11 heteroatoms. The van der Waals surface area contributed by atoms with Gasteiger partial charge in [-0.05, 0) is 98.5 Å². The maximum Gasteiger partial charge on any atom is 0.284 e. The Balaban J connectivity index is 1.16. The van der Waals surface area contributed by atoms with Crippen molar-refractivity contribution in [2.45, 2.75) is 51.2 Å². The molecule has 1 saturated heterocycles. The fraction of sp³-hybridized carbons (Fsp3) is 0.351. The zero-order valence-electron chi connectivity index (χ0n) is 27.1. The molecule has 5 heterocycles. The van der Waals surface area contributed by atoms with E-state index in [2.05, 4.69) is 21.7 Å². The van der Waals surface area contributed by atoms with Gasteiger partial charge in [-0.3, -0.25) is 9.59 Å². The minimum atomic E-state index is -0.812. The molecule has 0 unspecified atom stereocenters. The van der Waals surface area contributed by atoms with Gasteiger partial charge in [-0.15, -0.1) is 0 Å². The molecule has 3 aliphatic rings. The molecule has 0 radical (unpaired) electrons. The number of benzene rings is 2. The summed E-state index contributed by atoms with van der Waals surface area (Å²) in [6.45, 7) is 3.40. The second-order valence-electron chi connectivity index (χ2n) is 13.9. The van der Waals surface area contributed by atoms with E-state index in [1.54, 1.807) is 7.11 Å². The standard InChI is InChI=1S/C37H36FN7O3/c1-18-10-22(11-23-12-25(38)36(46)42-32(18)23)26-8-6-20-14-29(44(34(20)40-26)16-19-4-5-19)35-41-27-13-24(15-30(48-3)33(27)43(35)2)37(47)45-17-21-7-9-28(45)31(21)39/h6,8,10-15,19,21,28,31H,4-5,7,9,16-17,39H2,1-3H3,(H,42,46)/t21-,28-,31-/m1/s1. The Morgan fingerprint density at radius 3 is 2.62 bits per heavy atom. The van der Waals surface area contributed by atoms with Gasteiger partial charge in [0, 0.05) is 54.1 Å². The van der Waals surface area contributed by atoms with Crippen LogP contribution in [0.15, 0.2) is 53.3 Å². The first-order valence-electron chi connectivity index (χ1n) is 16.6. The monoisotopic (exact) mass is 645 g/mol. The van der Waals surface area contributed by atoms with Crippen LogP contribution in [-0.2, 0) is 13.6 Å². The SMILES string of the molecule is COc1cc(C(=O)N2C[C@H]3CC[C@@H]2[C@@H]3N)cc2nc(-c3cc4ccc(-c5cc(C)c6[nH]c(=O)c(F)cc6c5)nc4n3CC3CC3)n(C)c12. The fourth-order valence-electron chi connectivity index (χ4n) is 8.11. The number of fused-ring (bicyclic) bond motifs is 5. The summed E-state index contributed by atoms with van der Waals surface area (Å²) in [6, 6.07) is 15.1. The minimum absolute atomic E-state index is 0.0253. The summed E-state index contributed by atoms with van der Waals surface area (Å²) in [6.07, 6.45) is 4.36. The maximum atomic E-state index is 14.2. The molecule has 244 valence electrons. The lowest BCUT2D eigenvalue weighted by molar-refractivity contribution is 0.0700. The molecule has 3 N–H and O–H groups in total. The average Bonchev–Trinajstić information content (AvgIpc) is 3.48. The van der Waals surface area contributed by atoms with E-state index in [0.717, 1.165) is 77.1 Å². The van der Waals surface area contributed by atoms with E-state index in [1.165, 1.54) is 6.07 Å². The first-order chi connectivity index (χ1) is 23.2. The van der Waals surface area contributed by atoms with Crippen molar-refractivity contribution in [3.05, 3.63) is 75.8 Å². The molecule has 9 rings (SSSR count). The highest BCUT2D eigenvalue weighted by atomic mass is 19.1. The van der Waals surface area contributed by atoms with Gasteiger partial charge in [-0.1, -0.05) is 0 Å². The van der Waals surface area contributed by atoms with Crippen molar-refractivity contribution in [1.29, 1.82) is 0 Å². The number of nitrogens with zero attached hydrogens (tertiary/aromatic N) is 5. The number of carbonyl (C=O) groups is 1. The van der Waals surface area contributed by atoms with Crippen LogP contribution in [0.1, 0.15) is 41.6 Å². The largest absolute Gasteiger partial charge is 0.494 e. The van der Waals surface area contributed by atoms with Crippen molar-refractivity contribution in [1.82, 2.24) is 29.0 Å². The zero-order chi connectivity index (χ0) is 33.0. The molecule has 2 saturated carbocycles. The lowest BCUT2D eigenvalue weighted by atomic mass is 10.0. The first-order valence-corrected chi connectivity index (χ1v) is 16.6. The van der Waals surface area contributed by atoms with Crippen LogP contribution in [-0.4, -0.2) is 60.6 Å². The topological polar surface area (TPSA) is 124 Å². The van der Waals surface area contributed by atoms with Crippen molar-refractivity contribution in [2.24, 2.45) is 24.6 Å². The third-order valence-electron chi connectivity index (χ3n) is 10.8. The number of amides is 1. The lowest BCUT2D eigenvalue weighted by Gasteiger charge is -2.27. The van der Waals surface area contributed by atoms with Crippen LogP contribution in [0.5, 0.6) is 5.75 Å². The minimum Gasteiger partial charge on any atom is -0.494 e. The van der Waals surface area contributed by atoms with Gasteiger partial charge < -0.3 is 29.5 Å². The van der Waals surface area contributed by atoms with E-state index < -0.39 is 11.4 Å². The number of piperidine rings is 1. The van der Waals surface area contributed by atoms with Crippen LogP contribution < -0.4 is 16.0 Å². The van der Waals surface area contributed by atoms with Crippen LogP contribution >= 0.6 is 0 Å². The van der Waals surface area contributed by atoms with Crippen molar-refractivity contribution < 1.29 is 13.9 Å². The van der Waals surface area contributed by atoms with Gasteiger partial charge in [0.1, 0.15) is 16.9 Å². The molecular formula is C37H36FN7O3. The second-order valence-corrected chi connectivity index (χ2v) is 13.9. The Morgan fingerprint density at radius 2 is 1.90 bits per heavy atom. The molecule has 3 atom stereocenters. The van der Waals surface area contributed by atoms with Gasteiger partial charge in [0.2, 0.25) is 0 Å². The summed E-state index contributed by atoms with van der Waals surface area (Å²) in [7, 11) is 3.60. The Kier molecular flexibility index (Phi) is 6.36. The number of carbonyl (C=O) groups excluding carboxylic acids is 1. The van der Waals surface area contributed by atoms with Crippen LogP contribution in [0, 0.1) is 24.6 Å². The molecule has 1 amide bonds. The van der Waals surface area contributed by atoms with Gasteiger partial charge in [0.25, 0.3) is 11.5 Å². The highest BCUT2D eigenvalue weighted by Crippen LogP contribution is 2.40. The molecular weight excluding hydrogens is 609 g/mol. The predicted molar refractivity (Wildman–Crippen MR) is 182 cm³/mol. The summed E-state index contributed by atoms with van der Waals surface area (Å²) >= 11 is 0. The number of ether oxygens (including phenoxy) is 1. The van der Waals surface area contributed by atoms with Crippen molar-refractivity contribution in [3.8, 4) is 28.5 Å². The molecule has 1 aliphatic heterocycles. The number of imidazole rings is 1. The van der Waals surface area contributed by atoms with E-state index in [-0.39, 0.29) is 18.0 Å². The summed E-state index contributed by atoms with van der Waals surface area (Å²) in [5.41, 5.74) is 12.6. The quantitative estimate of drug-likeness (QED) is 0.246. The van der Waals surface area contributed by atoms with Crippen LogP contribution in [0.2, 0.25) is 0 Å². The summed E-state index contributed by atoms with van der Waals surface area (Å²) in [5.74, 6) is 1.45. The van der Waals surface area contributed by atoms with Crippen LogP contribution in [0.3, 0.4) is 0 Å². The van der Waals surface area contributed by atoms with E-state index in [1.807, 2.05) is 53.8 Å². The number of halogens is 1. The number of hydrogen-bond acceptors (Lipinski definition) is 6. The molecule has 48 heavy (non-hydrogen) atoms. The predicted octanol–water partition coefficient (Wildman–Crippen LogP) is 5.53. The third-order valence-corrected chi connectivity index (χ3v) is 10.8. The Labute approximate surface area is 275 Å². The van der Waals surface area contributed by atoms with E-state index in [4.69, 9.17) is 20.4 Å². The number of nitrogens with two attached hydrogens (primary N) is 1. The number of methoxy groups -OCH3 is 1. The number of likely N-dealkylation sites (tertiary alicyclic amines) is 1. The normalized spacial score (nSPS) is 20.5. The molecule has 0 spiro atoms. The summed E-state index contributed by atoms with van der Waals surface area (Å²) in [5, 5.41) is 1.60. The number of aromatic amines is 1. The number of aromatic nitrogens is 5. The van der Waals surface area contributed by atoms with E-state index in [9.17, 15) is 14.0 Å². The van der Waals surface area contributed by atoms with Crippen molar-refractivity contribution in [2.75, 3.05) is 13.7 Å². The van der Waals surface area contributed by atoms with Crippen molar-refractivity contribution in [3.63, 3.8) is 0 Å². The van der Waals surface area contributed by atoms with Gasteiger partial charge in [0.05, 0.1) is 29.5 Å². The Morgan fingerprint density at radius 1 is 1.06 bits per heavy atom. The number of aryl methyl sites for hydroxylation is 2. The van der Waals surface area contributed by atoms with Crippen molar-refractivity contribution >= 4 is 38.9 Å². The Bertz CT molecular complexity index is 2390. The first kappa shape index (κ1) is 29.1. The number of nitrogens with one attached hydrogen (secondary N) is 1. The smallest absolute Gasteiger partial charge is 0.284 e. The lowest BCUT2D eigenvalue weighted by Crippen LogP contribution is -2.41. The highest BCUT2D eigenvalue weighted by molar-refractivity contribution is 6.00. The highest BCUT2D eigenvalue weighted by Gasteiger charge is 2.47. The van der Waals surface area contributed by atoms with Gasteiger partial charge in [-0.2, -0.15) is 0 Å². The molecule has 4 aromatic heterocycles. The zero-order valence-corrected chi connectivity index (χ0v) is 27.1. The molecule has 2 aliphatic carbocycles. The molecule has 10 nitrogen and oxygen atoms in total. The number of rotatable bonds is 6. The Hall–Kier alpha value is -5.03. The molecule has 2 aromatic carbocycles. The molecule has 6 aromatic rings. The molecule has 2 bridgehead atoms. The summed E-state index contributed by atoms with van der Waals surface area (Å²) < 4.78 is 24.4. The average molecular weight is 646 g/mol. The molecule has 3 fully saturated rings. The maximum absolute atomic E-state index is 14.2. The van der Waals surface area contributed by atoms with Crippen LogP contribution in [0.4, 0.5) is 4.39 Å². The number of pyridine rings is 2. The van der Waals surface area contributed by atoms with E-state index >= 15 is 0 Å².